The topological polar surface area (TPSA) is 38.7 Å². The third-order valence-corrected chi connectivity index (χ3v) is 2.03. The van der Waals surface area contributed by atoms with Gasteiger partial charge in [0, 0.05) is 11.6 Å². The molecular weight excluding hydrogens is 192 g/mol. The highest BCUT2D eigenvalue weighted by Gasteiger charge is 2.11. The summed E-state index contributed by atoms with van der Waals surface area (Å²) in [5, 5.41) is 9.56. The van der Waals surface area contributed by atoms with Crippen LogP contribution in [0, 0.1) is 0 Å². The van der Waals surface area contributed by atoms with Gasteiger partial charge in [0.2, 0.25) is 0 Å². The van der Waals surface area contributed by atoms with E-state index in [-0.39, 0.29) is 6.10 Å². The van der Waals surface area contributed by atoms with Crippen molar-refractivity contribution in [1.29, 1.82) is 0 Å². The molecule has 1 aromatic rings. The van der Waals surface area contributed by atoms with E-state index in [1.165, 1.54) is 0 Å². The van der Waals surface area contributed by atoms with Crippen molar-refractivity contribution in [2.45, 2.75) is 33.0 Å². The van der Waals surface area contributed by atoms with Crippen molar-refractivity contribution in [2.24, 2.45) is 0 Å². The van der Waals surface area contributed by atoms with Gasteiger partial charge in [-0.25, -0.2) is 0 Å². The molecule has 0 bridgehead atoms. The maximum absolute atomic E-state index is 9.56. The monoisotopic (exact) mass is 210 g/mol. The molecule has 0 aliphatic heterocycles. The minimum atomic E-state index is -0.537. The zero-order valence-electron chi connectivity index (χ0n) is 9.65. The Morgan fingerprint density at radius 3 is 2.33 bits per heavy atom. The van der Waals surface area contributed by atoms with E-state index in [0.717, 1.165) is 11.3 Å². The first-order valence-electron chi connectivity index (χ1n) is 5.07. The molecule has 0 spiro atoms. The second-order valence-corrected chi connectivity index (χ2v) is 3.75. The van der Waals surface area contributed by atoms with Crippen LogP contribution in [0.3, 0.4) is 0 Å². The van der Waals surface area contributed by atoms with Crippen LogP contribution in [-0.2, 0) is 0 Å². The fourth-order valence-corrected chi connectivity index (χ4v) is 1.34. The fourth-order valence-electron chi connectivity index (χ4n) is 1.34. The third-order valence-electron chi connectivity index (χ3n) is 2.03. The highest BCUT2D eigenvalue weighted by molar-refractivity contribution is 5.41. The summed E-state index contributed by atoms with van der Waals surface area (Å²) < 4.78 is 10.7. The molecule has 0 saturated heterocycles. The molecule has 0 aliphatic carbocycles. The number of methoxy groups -OCH3 is 1. The van der Waals surface area contributed by atoms with E-state index < -0.39 is 6.10 Å². The van der Waals surface area contributed by atoms with Crippen LogP contribution in [0.1, 0.15) is 32.4 Å². The zero-order chi connectivity index (χ0) is 11.4. The standard InChI is InChI=1S/C12H18O3/c1-8(2)15-12-7-10(14-4)5-6-11(12)9(3)13/h5-9,13H,1-4H3/t9-/m0/s1. The zero-order valence-corrected chi connectivity index (χ0v) is 9.65. The summed E-state index contributed by atoms with van der Waals surface area (Å²) in [4.78, 5) is 0. The Hall–Kier alpha value is -1.22. The van der Waals surface area contributed by atoms with Crippen LogP contribution in [0.4, 0.5) is 0 Å². The van der Waals surface area contributed by atoms with Crippen LogP contribution >= 0.6 is 0 Å². The van der Waals surface area contributed by atoms with Crippen LogP contribution in [0.15, 0.2) is 18.2 Å². The lowest BCUT2D eigenvalue weighted by Gasteiger charge is -2.16. The largest absolute Gasteiger partial charge is 0.497 e. The lowest BCUT2D eigenvalue weighted by molar-refractivity contribution is 0.182. The smallest absolute Gasteiger partial charge is 0.129 e. The Kier molecular flexibility index (Phi) is 3.97. The van der Waals surface area contributed by atoms with Gasteiger partial charge in [0.05, 0.1) is 19.3 Å². The average Bonchev–Trinajstić information content (AvgIpc) is 2.16. The Morgan fingerprint density at radius 1 is 1.20 bits per heavy atom. The van der Waals surface area contributed by atoms with Crippen molar-refractivity contribution in [3.05, 3.63) is 23.8 Å². The maximum atomic E-state index is 9.56. The molecule has 15 heavy (non-hydrogen) atoms. The van der Waals surface area contributed by atoms with Crippen LogP contribution in [-0.4, -0.2) is 18.3 Å². The molecule has 0 saturated carbocycles. The molecular formula is C12H18O3. The van der Waals surface area contributed by atoms with Crippen molar-refractivity contribution in [3.8, 4) is 11.5 Å². The number of aliphatic hydroxyl groups is 1. The van der Waals surface area contributed by atoms with Crippen molar-refractivity contribution < 1.29 is 14.6 Å². The van der Waals surface area contributed by atoms with E-state index in [0.29, 0.717) is 5.75 Å². The number of hydrogen-bond acceptors (Lipinski definition) is 3. The van der Waals surface area contributed by atoms with Gasteiger partial charge >= 0.3 is 0 Å². The van der Waals surface area contributed by atoms with E-state index in [4.69, 9.17) is 9.47 Å². The number of rotatable bonds is 4. The van der Waals surface area contributed by atoms with Crippen LogP contribution in [0.2, 0.25) is 0 Å². The molecule has 1 N–H and O–H groups in total. The molecule has 0 amide bonds. The van der Waals surface area contributed by atoms with Gasteiger partial charge in [0.15, 0.2) is 0 Å². The molecule has 3 heteroatoms. The van der Waals surface area contributed by atoms with Gasteiger partial charge in [-0.3, -0.25) is 0 Å². The molecule has 1 atom stereocenters. The SMILES string of the molecule is COc1ccc([C@H](C)O)c(OC(C)C)c1. The molecule has 0 fully saturated rings. The van der Waals surface area contributed by atoms with E-state index in [1.54, 1.807) is 20.1 Å². The van der Waals surface area contributed by atoms with E-state index in [2.05, 4.69) is 0 Å². The van der Waals surface area contributed by atoms with Gasteiger partial charge in [-0.2, -0.15) is 0 Å². The molecule has 3 nitrogen and oxygen atoms in total. The van der Waals surface area contributed by atoms with Gasteiger partial charge in [-0.15, -0.1) is 0 Å². The van der Waals surface area contributed by atoms with E-state index in [1.807, 2.05) is 26.0 Å². The molecule has 0 aliphatic rings. The summed E-state index contributed by atoms with van der Waals surface area (Å²) in [5.41, 5.74) is 0.782. The van der Waals surface area contributed by atoms with Crippen LogP contribution in [0.25, 0.3) is 0 Å². The molecule has 0 heterocycles. The first-order valence-corrected chi connectivity index (χ1v) is 5.07. The predicted octanol–water partition coefficient (Wildman–Crippen LogP) is 2.54. The average molecular weight is 210 g/mol. The molecule has 1 aromatic carbocycles. The van der Waals surface area contributed by atoms with Crippen molar-refractivity contribution in [3.63, 3.8) is 0 Å². The first kappa shape index (κ1) is 11.9. The highest BCUT2D eigenvalue weighted by Crippen LogP contribution is 2.30. The van der Waals surface area contributed by atoms with Crippen LogP contribution < -0.4 is 9.47 Å². The summed E-state index contributed by atoms with van der Waals surface area (Å²) in [5.74, 6) is 1.41. The van der Waals surface area contributed by atoms with Gasteiger partial charge in [-0.1, -0.05) is 0 Å². The predicted molar refractivity (Wildman–Crippen MR) is 59.4 cm³/mol. The second kappa shape index (κ2) is 5.03. The lowest BCUT2D eigenvalue weighted by Crippen LogP contribution is -2.08. The normalized spacial score (nSPS) is 12.7. The van der Waals surface area contributed by atoms with E-state index >= 15 is 0 Å². The maximum Gasteiger partial charge on any atom is 0.129 e. The lowest BCUT2D eigenvalue weighted by atomic mass is 10.1. The Morgan fingerprint density at radius 2 is 1.87 bits per heavy atom. The van der Waals surface area contributed by atoms with Gasteiger partial charge in [0.25, 0.3) is 0 Å². The number of hydrogen-bond donors (Lipinski definition) is 1. The Labute approximate surface area is 90.6 Å². The Bertz CT molecular complexity index is 319. The molecule has 0 unspecified atom stereocenters. The highest BCUT2D eigenvalue weighted by atomic mass is 16.5. The molecule has 0 aromatic heterocycles. The van der Waals surface area contributed by atoms with Gasteiger partial charge in [-0.05, 0) is 32.9 Å². The van der Waals surface area contributed by atoms with Crippen LogP contribution in [0.5, 0.6) is 11.5 Å². The minimum absolute atomic E-state index is 0.0783. The number of aliphatic hydroxyl groups excluding tert-OH is 1. The van der Waals surface area contributed by atoms with E-state index in [9.17, 15) is 5.11 Å². The third kappa shape index (κ3) is 3.13. The molecule has 84 valence electrons. The Balaban J connectivity index is 3.05. The quantitative estimate of drug-likeness (QED) is 0.830. The van der Waals surface area contributed by atoms with Gasteiger partial charge < -0.3 is 14.6 Å². The summed E-state index contributed by atoms with van der Waals surface area (Å²) in [6.45, 7) is 5.62. The molecule has 0 radical (unpaired) electrons. The summed E-state index contributed by atoms with van der Waals surface area (Å²) in [7, 11) is 1.61. The summed E-state index contributed by atoms with van der Waals surface area (Å²) in [6, 6.07) is 5.43. The first-order chi connectivity index (χ1) is 7.04. The summed E-state index contributed by atoms with van der Waals surface area (Å²) in [6.07, 6.45) is -0.459. The van der Waals surface area contributed by atoms with Crippen molar-refractivity contribution in [2.75, 3.05) is 7.11 Å². The van der Waals surface area contributed by atoms with Gasteiger partial charge in [0.1, 0.15) is 11.5 Å². The minimum Gasteiger partial charge on any atom is -0.497 e. The number of benzene rings is 1. The summed E-state index contributed by atoms with van der Waals surface area (Å²) >= 11 is 0. The van der Waals surface area contributed by atoms with Crippen molar-refractivity contribution in [1.82, 2.24) is 0 Å². The molecule has 1 rings (SSSR count). The second-order valence-electron chi connectivity index (χ2n) is 3.75. The number of ether oxygens (including phenoxy) is 2. The fraction of sp³-hybridized carbons (Fsp3) is 0.500. The van der Waals surface area contributed by atoms with Crippen molar-refractivity contribution >= 4 is 0 Å².